The Balaban J connectivity index is 1.55. The Kier molecular flexibility index (Phi) is 5.84. The van der Waals surface area contributed by atoms with Gasteiger partial charge in [0.15, 0.2) is 0 Å². The highest BCUT2D eigenvalue weighted by Crippen LogP contribution is 2.36. The minimum Gasteiger partial charge on any atom is -0.452 e. The quantitative estimate of drug-likeness (QED) is 0.609. The fourth-order valence-electron chi connectivity index (χ4n) is 4.83. The Morgan fingerprint density at radius 3 is 2.84 bits per heavy atom. The number of anilines is 1. The summed E-state index contributed by atoms with van der Waals surface area (Å²) in [5.41, 5.74) is 4.12. The van der Waals surface area contributed by atoms with Gasteiger partial charge in [-0.2, -0.15) is 5.10 Å². The van der Waals surface area contributed by atoms with Crippen molar-refractivity contribution in [3.8, 4) is 0 Å². The van der Waals surface area contributed by atoms with E-state index in [0.717, 1.165) is 80.3 Å². The summed E-state index contributed by atoms with van der Waals surface area (Å²) in [6.45, 7) is 7.97. The van der Waals surface area contributed by atoms with Gasteiger partial charge in [-0.3, -0.25) is 14.5 Å². The molecule has 0 saturated carbocycles. The number of aromatic nitrogens is 4. The summed E-state index contributed by atoms with van der Waals surface area (Å²) in [6.07, 6.45) is 5.21. The maximum Gasteiger partial charge on any atom is 0.414 e. The van der Waals surface area contributed by atoms with Crippen molar-refractivity contribution in [3.63, 3.8) is 0 Å². The number of hydrogen-bond acceptors (Lipinski definition) is 6. The smallest absolute Gasteiger partial charge is 0.414 e. The van der Waals surface area contributed by atoms with E-state index in [9.17, 15) is 4.79 Å². The first-order valence-corrected chi connectivity index (χ1v) is 11.3. The van der Waals surface area contributed by atoms with Crippen molar-refractivity contribution in [2.24, 2.45) is 0 Å². The van der Waals surface area contributed by atoms with Gasteiger partial charge >= 0.3 is 6.09 Å². The van der Waals surface area contributed by atoms with E-state index in [1.807, 2.05) is 16.9 Å². The number of rotatable bonds is 5. The van der Waals surface area contributed by atoms with Crippen LogP contribution < -0.4 is 4.90 Å². The molecule has 5 rings (SSSR count). The van der Waals surface area contributed by atoms with E-state index in [-0.39, 0.29) is 12.1 Å². The number of benzene rings is 1. The molecule has 0 N–H and O–H groups in total. The number of nitrogens with zero attached hydrogens (tertiary/aromatic N) is 6. The maximum atomic E-state index is 12.5. The first kappa shape index (κ1) is 21.0. The highest BCUT2D eigenvalue weighted by atomic mass is 16.5. The monoisotopic (exact) mass is 438 g/mol. The molecule has 0 spiro atoms. The van der Waals surface area contributed by atoms with Crippen molar-refractivity contribution in [2.45, 2.75) is 38.9 Å². The zero-order chi connectivity index (χ0) is 22.1. The molecule has 2 aromatic heterocycles. The summed E-state index contributed by atoms with van der Waals surface area (Å²) in [6, 6.07) is 6.17. The summed E-state index contributed by atoms with van der Waals surface area (Å²) in [7, 11) is 1.43. The third-order valence-electron chi connectivity index (χ3n) is 6.57. The summed E-state index contributed by atoms with van der Waals surface area (Å²) in [5.74, 6) is 0.980. The minimum absolute atomic E-state index is 0.0966. The number of carbonyl (C=O) groups excluding carboxylic acids is 1. The Morgan fingerprint density at radius 2 is 2.09 bits per heavy atom. The molecule has 1 aromatic carbocycles. The predicted octanol–water partition coefficient (Wildman–Crippen LogP) is 2.52. The van der Waals surface area contributed by atoms with Crippen LogP contribution in [0.2, 0.25) is 0 Å². The Hall–Kier alpha value is -2.91. The van der Waals surface area contributed by atoms with E-state index in [4.69, 9.17) is 14.5 Å². The first-order valence-electron chi connectivity index (χ1n) is 11.3. The molecule has 1 fully saturated rings. The standard InChI is InChI=1S/C23H30N6O3/c1-17-4-5-18-19(29(17)23(30)31-2)6-7-20-22(18)25-21(16-27-9-3-8-24-27)28(20)11-10-26-12-14-32-15-13-26/h3,6-9,17H,4-5,10-16H2,1-2H3/t17-/m0/s1. The minimum atomic E-state index is -0.318. The lowest BCUT2D eigenvalue weighted by molar-refractivity contribution is 0.0364. The van der Waals surface area contributed by atoms with Gasteiger partial charge in [-0.1, -0.05) is 0 Å². The van der Waals surface area contributed by atoms with Crippen molar-refractivity contribution in [3.05, 3.63) is 42.0 Å². The van der Waals surface area contributed by atoms with Gasteiger partial charge in [0.2, 0.25) is 0 Å². The van der Waals surface area contributed by atoms with Crippen LogP contribution in [-0.2, 0) is 29.0 Å². The van der Waals surface area contributed by atoms with Gasteiger partial charge in [-0.05, 0) is 38.0 Å². The number of methoxy groups -OCH3 is 1. The normalized spacial score (nSPS) is 19.3. The fourth-order valence-corrected chi connectivity index (χ4v) is 4.83. The van der Waals surface area contributed by atoms with Crippen molar-refractivity contribution in [2.75, 3.05) is 44.9 Å². The second-order valence-electron chi connectivity index (χ2n) is 8.50. The maximum absolute atomic E-state index is 12.5. The van der Waals surface area contributed by atoms with E-state index in [1.54, 1.807) is 11.1 Å². The molecular weight excluding hydrogens is 408 g/mol. The lowest BCUT2D eigenvalue weighted by Gasteiger charge is -2.34. The van der Waals surface area contributed by atoms with Gasteiger partial charge in [-0.15, -0.1) is 0 Å². The Bertz CT molecular complexity index is 1090. The zero-order valence-corrected chi connectivity index (χ0v) is 18.7. The number of ether oxygens (including phenoxy) is 2. The summed E-state index contributed by atoms with van der Waals surface area (Å²) < 4.78 is 14.8. The molecule has 1 atom stereocenters. The fraction of sp³-hybridized carbons (Fsp3) is 0.522. The molecule has 2 aliphatic rings. The van der Waals surface area contributed by atoms with Crippen LogP contribution in [0.15, 0.2) is 30.6 Å². The average molecular weight is 439 g/mol. The lowest BCUT2D eigenvalue weighted by Crippen LogP contribution is -2.42. The summed E-state index contributed by atoms with van der Waals surface area (Å²) >= 11 is 0. The van der Waals surface area contributed by atoms with Crippen LogP contribution in [0, 0.1) is 0 Å². The van der Waals surface area contributed by atoms with E-state index >= 15 is 0 Å². The van der Waals surface area contributed by atoms with Crippen LogP contribution >= 0.6 is 0 Å². The van der Waals surface area contributed by atoms with Gasteiger partial charge < -0.3 is 14.0 Å². The first-order chi connectivity index (χ1) is 15.7. The number of amides is 1. The largest absolute Gasteiger partial charge is 0.452 e. The number of fused-ring (bicyclic) bond motifs is 3. The number of aryl methyl sites for hydroxylation is 1. The number of hydrogen-bond donors (Lipinski definition) is 0. The lowest BCUT2D eigenvalue weighted by atomic mass is 9.96. The van der Waals surface area contributed by atoms with Gasteiger partial charge in [0, 0.05) is 50.2 Å². The molecular formula is C23H30N6O3. The predicted molar refractivity (Wildman–Crippen MR) is 121 cm³/mol. The van der Waals surface area contributed by atoms with Crippen LogP contribution in [0.5, 0.6) is 0 Å². The van der Waals surface area contributed by atoms with Gasteiger partial charge in [0.25, 0.3) is 0 Å². The van der Waals surface area contributed by atoms with Crippen molar-refractivity contribution < 1.29 is 14.3 Å². The van der Waals surface area contributed by atoms with E-state index < -0.39 is 0 Å². The zero-order valence-electron chi connectivity index (χ0n) is 18.7. The molecule has 4 heterocycles. The number of carbonyl (C=O) groups is 1. The van der Waals surface area contributed by atoms with Crippen molar-refractivity contribution in [1.29, 1.82) is 0 Å². The molecule has 0 radical (unpaired) electrons. The topological polar surface area (TPSA) is 77.7 Å². The molecule has 170 valence electrons. The molecule has 0 aliphatic carbocycles. The van der Waals surface area contributed by atoms with Crippen molar-refractivity contribution >= 4 is 22.8 Å². The van der Waals surface area contributed by atoms with Crippen LogP contribution in [0.1, 0.15) is 24.7 Å². The third kappa shape index (κ3) is 3.86. The second-order valence-corrected chi connectivity index (χ2v) is 8.50. The molecule has 0 bridgehead atoms. The molecule has 32 heavy (non-hydrogen) atoms. The Morgan fingerprint density at radius 1 is 1.25 bits per heavy atom. The number of imidazole rings is 1. The highest BCUT2D eigenvalue weighted by Gasteiger charge is 2.31. The summed E-state index contributed by atoms with van der Waals surface area (Å²) in [5, 5.41) is 4.38. The van der Waals surface area contributed by atoms with E-state index in [0.29, 0.717) is 6.54 Å². The second kappa shape index (κ2) is 8.91. The molecule has 0 unspecified atom stereocenters. The van der Waals surface area contributed by atoms with Crippen LogP contribution in [-0.4, -0.2) is 76.3 Å². The molecule has 1 saturated heterocycles. The third-order valence-corrected chi connectivity index (χ3v) is 6.57. The van der Waals surface area contributed by atoms with Crippen LogP contribution in [0.4, 0.5) is 10.5 Å². The van der Waals surface area contributed by atoms with Crippen LogP contribution in [0.3, 0.4) is 0 Å². The summed E-state index contributed by atoms with van der Waals surface area (Å²) in [4.78, 5) is 21.8. The highest BCUT2D eigenvalue weighted by molar-refractivity contribution is 5.95. The van der Waals surface area contributed by atoms with E-state index in [1.165, 1.54) is 7.11 Å². The number of morpholine rings is 1. The van der Waals surface area contributed by atoms with Gasteiger partial charge in [-0.25, -0.2) is 9.78 Å². The molecule has 1 amide bonds. The molecule has 9 nitrogen and oxygen atoms in total. The van der Waals surface area contributed by atoms with Crippen LogP contribution in [0.25, 0.3) is 11.0 Å². The molecule has 3 aromatic rings. The van der Waals surface area contributed by atoms with Gasteiger partial charge in [0.05, 0.1) is 43.6 Å². The molecule has 2 aliphatic heterocycles. The average Bonchev–Trinajstić information content (AvgIpc) is 3.45. The van der Waals surface area contributed by atoms with E-state index in [2.05, 4.69) is 33.6 Å². The Labute approximate surface area is 187 Å². The SMILES string of the molecule is COC(=O)N1c2ccc3c(nc(Cn4cccn4)n3CCN3CCOCC3)c2CC[C@@H]1C. The van der Waals surface area contributed by atoms with Crippen molar-refractivity contribution in [1.82, 2.24) is 24.2 Å². The van der Waals surface area contributed by atoms with Gasteiger partial charge in [0.1, 0.15) is 5.82 Å². The molecule has 9 heteroatoms.